The lowest BCUT2D eigenvalue weighted by atomic mass is 10.1. The van der Waals surface area contributed by atoms with E-state index in [4.69, 9.17) is 0 Å². The molecular formula is C18H23N3O2. The molecule has 2 heterocycles. The highest BCUT2D eigenvalue weighted by atomic mass is 16.3. The monoisotopic (exact) mass is 313 g/mol. The molecule has 1 aromatic heterocycles. The van der Waals surface area contributed by atoms with Gasteiger partial charge < -0.3 is 15.4 Å². The molecule has 0 saturated carbocycles. The number of nitrogens with zero attached hydrogens (tertiary/aromatic N) is 1. The molecule has 0 spiro atoms. The molecule has 0 radical (unpaired) electrons. The first kappa shape index (κ1) is 15.8. The number of aromatic amines is 1. The van der Waals surface area contributed by atoms with Crippen molar-refractivity contribution < 1.29 is 9.90 Å². The van der Waals surface area contributed by atoms with E-state index >= 15 is 0 Å². The molecule has 1 atom stereocenters. The van der Waals surface area contributed by atoms with E-state index in [1.165, 1.54) is 5.56 Å². The average molecular weight is 313 g/mol. The third-order valence-corrected chi connectivity index (χ3v) is 4.48. The largest absolute Gasteiger partial charge is 0.395 e. The van der Waals surface area contributed by atoms with Gasteiger partial charge in [-0.25, -0.2) is 0 Å². The summed E-state index contributed by atoms with van der Waals surface area (Å²) in [5, 5.41) is 12.4. The molecule has 23 heavy (non-hydrogen) atoms. The Labute approximate surface area is 136 Å². The van der Waals surface area contributed by atoms with Crippen LogP contribution in [0.4, 0.5) is 0 Å². The number of benzene rings is 1. The molecule has 2 aromatic rings. The van der Waals surface area contributed by atoms with Crippen LogP contribution in [-0.2, 0) is 13.1 Å². The van der Waals surface area contributed by atoms with Gasteiger partial charge in [-0.15, -0.1) is 0 Å². The number of carbonyl (C=O) groups excluding carboxylic acids is 1. The van der Waals surface area contributed by atoms with Gasteiger partial charge in [0.15, 0.2) is 0 Å². The molecule has 1 aliphatic heterocycles. The van der Waals surface area contributed by atoms with Gasteiger partial charge in [-0.1, -0.05) is 24.3 Å². The number of carbonyl (C=O) groups is 1. The van der Waals surface area contributed by atoms with Gasteiger partial charge in [0.05, 0.1) is 6.61 Å². The Morgan fingerprint density at radius 3 is 2.83 bits per heavy atom. The SMILES string of the molecule is O=C(NCc1ccccc1CN1CCCC1CO)c1ccc[nH]1. The normalized spacial score (nSPS) is 18.2. The first-order chi connectivity index (χ1) is 11.3. The molecule has 0 bridgehead atoms. The van der Waals surface area contributed by atoms with Crippen LogP contribution in [0.25, 0.3) is 0 Å². The molecule has 5 heteroatoms. The number of amides is 1. The zero-order chi connectivity index (χ0) is 16.1. The summed E-state index contributed by atoms with van der Waals surface area (Å²) in [5.41, 5.74) is 2.90. The molecule has 122 valence electrons. The highest BCUT2D eigenvalue weighted by Gasteiger charge is 2.24. The van der Waals surface area contributed by atoms with Crippen molar-refractivity contribution >= 4 is 5.91 Å². The van der Waals surface area contributed by atoms with Crippen molar-refractivity contribution in [2.24, 2.45) is 0 Å². The number of hydrogen-bond donors (Lipinski definition) is 3. The van der Waals surface area contributed by atoms with Gasteiger partial charge in [-0.2, -0.15) is 0 Å². The van der Waals surface area contributed by atoms with Crippen molar-refractivity contribution in [1.82, 2.24) is 15.2 Å². The van der Waals surface area contributed by atoms with Crippen molar-refractivity contribution in [2.75, 3.05) is 13.2 Å². The van der Waals surface area contributed by atoms with Gasteiger partial charge >= 0.3 is 0 Å². The summed E-state index contributed by atoms with van der Waals surface area (Å²) in [6, 6.07) is 12.0. The first-order valence-electron chi connectivity index (χ1n) is 8.11. The first-order valence-corrected chi connectivity index (χ1v) is 8.11. The number of likely N-dealkylation sites (tertiary alicyclic amines) is 1. The van der Waals surface area contributed by atoms with E-state index in [9.17, 15) is 9.90 Å². The van der Waals surface area contributed by atoms with Gasteiger partial charge in [-0.3, -0.25) is 9.69 Å². The van der Waals surface area contributed by atoms with Crippen molar-refractivity contribution in [3.8, 4) is 0 Å². The zero-order valence-corrected chi connectivity index (χ0v) is 13.2. The number of aliphatic hydroxyl groups is 1. The van der Waals surface area contributed by atoms with E-state index in [1.54, 1.807) is 12.3 Å². The number of nitrogens with one attached hydrogen (secondary N) is 2. The maximum absolute atomic E-state index is 12.0. The molecular weight excluding hydrogens is 290 g/mol. The minimum atomic E-state index is -0.0980. The second-order valence-corrected chi connectivity index (χ2v) is 5.98. The maximum Gasteiger partial charge on any atom is 0.267 e. The van der Waals surface area contributed by atoms with Crippen LogP contribution in [-0.4, -0.2) is 40.1 Å². The summed E-state index contributed by atoms with van der Waals surface area (Å²) in [5.74, 6) is -0.0980. The van der Waals surface area contributed by atoms with Gasteiger partial charge in [-0.05, 0) is 42.6 Å². The minimum Gasteiger partial charge on any atom is -0.395 e. The van der Waals surface area contributed by atoms with Crippen LogP contribution in [0.1, 0.15) is 34.5 Å². The Hall–Kier alpha value is -2.11. The van der Waals surface area contributed by atoms with Crippen LogP contribution < -0.4 is 5.32 Å². The summed E-state index contributed by atoms with van der Waals surface area (Å²) in [6.45, 7) is 2.56. The predicted octanol–water partition coefficient (Wildman–Crippen LogP) is 1.90. The molecule has 3 N–H and O–H groups in total. The summed E-state index contributed by atoms with van der Waals surface area (Å²) >= 11 is 0. The second-order valence-electron chi connectivity index (χ2n) is 5.98. The van der Waals surface area contributed by atoms with E-state index in [-0.39, 0.29) is 18.6 Å². The summed E-state index contributed by atoms with van der Waals surface area (Å²) < 4.78 is 0. The van der Waals surface area contributed by atoms with Crippen molar-refractivity contribution in [3.63, 3.8) is 0 Å². The summed E-state index contributed by atoms with van der Waals surface area (Å²) in [4.78, 5) is 17.3. The smallest absolute Gasteiger partial charge is 0.267 e. The third-order valence-electron chi connectivity index (χ3n) is 4.48. The predicted molar refractivity (Wildman–Crippen MR) is 88.9 cm³/mol. The van der Waals surface area contributed by atoms with Crippen LogP contribution in [0.5, 0.6) is 0 Å². The zero-order valence-electron chi connectivity index (χ0n) is 13.2. The summed E-state index contributed by atoms with van der Waals surface area (Å²) in [7, 11) is 0. The highest BCUT2D eigenvalue weighted by molar-refractivity contribution is 5.92. The van der Waals surface area contributed by atoms with Crippen LogP contribution in [0.2, 0.25) is 0 Å². The third kappa shape index (κ3) is 3.81. The Morgan fingerprint density at radius 1 is 1.26 bits per heavy atom. The van der Waals surface area contributed by atoms with Gasteiger partial charge in [0.25, 0.3) is 5.91 Å². The Kier molecular flexibility index (Phi) is 5.10. The molecule has 1 fully saturated rings. The molecule has 1 aliphatic rings. The molecule has 0 aliphatic carbocycles. The van der Waals surface area contributed by atoms with E-state index < -0.39 is 0 Å². The van der Waals surface area contributed by atoms with Crippen LogP contribution in [0.15, 0.2) is 42.6 Å². The van der Waals surface area contributed by atoms with Crippen LogP contribution in [0.3, 0.4) is 0 Å². The number of aromatic nitrogens is 1. The molecule has 1 unspecified atom stereocenters. The van der Waals surface area contributed by atoms with Crippen LogP contribution in [0, 0.1) is 0 Å². The quantitative estimate of drug-likeness (QED) is 0.763. The van der Waals surface area contributed by atoms with Crippen molar-refractivity contribution in [3.05, 3.63) is 59.4 Å². The fourth-order valence-corrected chi connectivity index (χ4v) is 3.16. The Balaban J connectivity index is 1.65. The molecule has 1 amide bonds. The van der Waals surface area contributed by atoms with Crippen molar-refractivity contribution in [1.29, 1.82) is 0 Å². The van der Waals surface area contributed by atoms with E-state index in [0.29, 0.717) is 12.2 Å². The van der Waals surface area contributed by atoms with Crippen LogP contribution >= 0.6 is 0 Å². The van der Waals surface area contributed by atoms with Gasteiger partial charge in [0, 0.05) is 25.3 Å². The lowest BCUT2D eigenvalue weighted by Crippen LogP contribution is -2.32. The standard InChI is InChI=1S/C18H23N3O2/c22-13-16-7-4-10-21(16)12-15-6-2-1-5-14(15)11-20-18(23)17-8-3-9-19-17/h1-3,5-6,8-9,16,19,22H,4,7,10-13H2,(H,20,23). The average Bonchev–Trinajstić information content (AvgIpc) is 3.25. The van der Waals surface area contributed by atoms with E-state index in [2.05, 4.69) is 21.3 Å². The number of rotatable bonds is 6. The Bertz CT molecular complexity index is 639. The van der Waals surface area contributed by atoms with E-state index in [0.717, 1.165) is 31.5 Å². The number of hydrogen-bond acceptors (Lipinski definition) is 3. The second kappa shape index (κ2) is 7.44. The minimum absolute atomic E-state index is 0.0980. The molecule has 1 saturated heterocycles. The molecule has 5 nitrogen and oxygen atoms in total. The number of aliphatic hydroxyl groups excluding tert-OH is 1. The van der Waals surface area contributed by atoms with Gasteiger partial charge in [0.1, 0.15) is 5.69 Å². The fourth-order valence-electron chi connectivity index (χ4n) is 3.16. The lowest BCUT2D eigenvalue weighted by molar-refractivity contribution is 0.0946. The number of H-pyrrole nitrogens is 1. The van der Waals surface area contributed by atoms with Gasteiger partial charge in [0.2, 0.25) is 0 Å². The summed E-state index contributed by atoms with van der Waals surface area (Å²) in [6.07, 6.45) is 3.93. The molecule has 1 aromatic carbocycles. The Morgan fingerprint density at radius 2 is 2.09 bits per heavy atom. The fraction of sp³-hybridized carbons (Fsp3) is 0.389. The topological polar surface area (TPSA) is 68.4 Å². The molecule has 3 rings (SSSR count). The van der Waals surface area contributed by atoms with Crippen molar-refractivity contribution in [2.45, 2.75) is 32.0 Å². The highest BCUT2D eigenvalue weighted by Crippen LogP contribution is 2.21. The maximum atomic E-state index is 12.0. The lowest BCUT2D eigenvalue weighted by Gasteiger charge is -2.24. The van der Waals surface area contributed by atoms with E-state index in [1.807, 2.05) is 24.3 Å².